The normalized spacial score (nSPS) is 44.0. The van der Waals surface area contributed by atoms with Crippen molar-refractivity contribution in [2.45, 2.75) is 25.2 Å². The molecule has 1 saturated heterocycles. The number of aliphatic hydroxyl groups excluding tert-OH is 2. The second kappa shape index (κ2) is 2.56. The fourth-order valence-electron chi connectivity index (χ4n) is 0.869. The molecule has 1 rings (SSSR count). The maximum absolute atomic E-state index is 11.7. The average molecular weight is 148 g/mol. The zero-order chi connectivity index (χ0) is 7.72. The summed E-state index contributed by atoms with van der Waals surface area (Å²) in [5, 5.41) is 17.9. The van der Waals surface area contributed by atoms with Crippen molar-refractivity contribution in [2.75, 3.05) is 0 Å². The van der Waals surface area contributed by atoms with Crippen LogP contribution in [0.15, 0.2) is 12.1 Å². The zero-order valence-electron chi connectivity index (χ0n) is 5.49. The molecule has 2 N–H and O–H groups in total. The lowest BCUT2D eigenvalue weighted by atomic mass is 10.1. The molecule has 4 heteroatoms. The Morgan fingerprint density at radius 1 is 1.60 bits per heavy atom. The highest BCUT2D eigenvalue weighted by atomic mass is 19.1. The highest BCUT2D eigenvalue weighted by molar-refractivity contribution is 5.06. The van der Waals surface area contributed by atoms with Gasteiger partial charge in [0.15, 0.2) is 5.76 Å². The number of hydrogen-bond donors (Lipinski definition) is 2. The van der Waals surface area contributed by atoms with Crippen molar-refractivity contribution >= 4 is 0 Å². The number of rotatable bonds is 0. The summed E-state index contributed by atoms with van der Waals surface area (Å²) in [4.78, 5) is 0. The summed E-state index contributed by atoms with van der Waals surface area (Å²) < 4.78 is 16.5. The van der Waals surface area contributed by atoms with Crippen LogP contribution < -0.4 is 0 Å². The molecule has 0 aromatic rings. The molecule has 0 saturated carbocycles. The molecule has 10 heavy (non-hydrogen) atoms. The summed E-state index contributed by atoms with van der Waals surface area (Å²) >= 11 is 0. The summed E-state index contributed by atoms with van der Waals surface area (Å²) in [6.07, 6.45) is -2.59. The van der Waals surface area contributed by atoms with Crippen molar-refractivity contribution in [1.82, 2.24) is 0 Å². The first-order valence-electron chi connectivity index (χ1n) is 3.00. The first-order chi connectivity index (χ1) is 4.66. The minimum absolute atomic E-state index is 0.164. The van der Waals surface area contributed by atoms with Gasteiger partial charge < -0.3 is 14.9 Å². The van der Waals surface area contributed by atoms with Crippen molar-refractivity contribution in [3.05, 3.63) is 12.1 Å². The third kappa shape index (κ3) is 0.998. The first kappa shape index (κ1) is 7.50. The van der Waals surface area contributed by atoms with E-state index in [9.17, 15) is 4.39 Å². The first-order valence-corrected chi connectivity index (χ1v) is 3.00. The fraction of sp³-hybridized carbons (Fsp3) is 0.667. The molecule has 3 nitrogen and oxygen atoms in total. The van der Waals surface area contributed by atoms with Gasteiger partial charge in [-0.2, -0.15) is 0 Å². The number of halogens is 1. The largest absolute Gasteiger partial charge is 0.487 e. The highest BCUT2D eigenvalue weighted by Crippen LogP contribution is 2.23. The standard InChI is InChI=1S/C6H9FO3/c1-3-5(8)6(9)4(2-7)10-3/h2-3,5-6,8-9H,1H3/b4-2+/t3-,5-,6+/m0/s1. The molecule has 0 spiro atoms. The predicted octanol–water partition coefficient (Wildman–Crippen LogP) is -0.0622. The zero-order valence-corrected chi connectivity index (χ0v) is 5.49. The average Bonchev–Trinajstić information content (AvgIpc) is 2.17. The quantitative estimate of drug-likeness (QED) is 0.506. The Balaban J connectivity index is 2.71. The van der Waals surface area contributed by atoms with Gasteiger partial charge in [0.2, 0.25) is 0 Å². The van der Waals surface area contributed by atoms with E-state index in [-0.39, 0.29) is 12.1 Å². The van der Waals surface area contributed by atoms with Gasteiger partial charge in [-0.1, -0.05) is 0 Å². The van der Waals surface area contributed by atoms with Crippen LogP contribution in [0, 0.1) is 0 Å². The summed E-state index contributed by atoms with van der Waals surface area (Å²) in [5.74, 6) is -0.194. The molecule has 58 valence electrons. The van der Waals surface area contributed by atoms with Crippen LogP contribution in [0.4, 0.5) is 4.39 Å². The fourth-order valence-corrected chi connectivity index (χ4v) is 0.869. The van der Waals surface area contributed by atoms with Crippen molar-refractivity contribution in [2.24, 2.45) is 0 Å². The third-order valence-electron chi connectivity index (χ3n) is 1.53. The third-order valence-corrected chi connectivity index (χ3v) is 1.53. The second-order valence-corrected chi connectivity index (χ2v) is 2.27. The van der Waals surface area contributed by atoms with Gasteiger partial charge in [-0.05, 0) is 6.92 Å². The van der Waals surface area contributed by atoms with Crippen molar-refractivity contribution in [3.8, 4) is 0 Å². The molecular formula is C6H9FO3. The Hall–Kier alpha value is -0.610. The number of aliphatic hydroxyl groups is 2. The van der Waals surface area contributed by atoms with Crippen molar-refractivity contribution < 1.29 is 19.3 Å². The van der Waals surface area contributed by atoms with Gasteiger partial charge >= 0.3 is 0 Å². The van der Waals surface area contributed by atoms with Crippen LogP contribution in [0.1, 0.15) is 6.92 Å². The molecule has 3 atom stereocenters. The lowest BCUT2D eigenvalue weighted by Gasteiger charge is -2.05. The Morgan fingerprint density at radius 2 is 2.20 bits per heavy atom. The van der Waals surface area contributed by atoms with E-state index in [1.807, 2.05) is 0 Å². The molecule has 1 heterocycles. The van der Waals surface area contributed by atoms with Crippen molar-refractivity contribution in [1.29, 1.82) is 0 Å². The molecule has 0 radical (unpaired) electrons. The molecule has 1 fully saturated rings. The topological polar surface area (TPSA) is 49.7 Å². The maximum atomic E-state index is 11.7. The Kier molecular flexibility index (Phi) is 1.92. The van der Waals surface area contributed by atoms with Gasteiger partial charge in [-0.25, -0.2) is 4.39 Å². The number of ether oxygens (including phenoxy) is 1. The van der Waals surface area contributed by atoms with E-state index in [0.717, 1.165) is 0 Å². The van der Waals surface area contributed by atoms with E-state index in [2.05, 4.69) is 0 Å². The summed E-state index contributed by atoms with van der Waals surface area (Å²) in [6, 6.07) is 0. The van der Waals surface area contributed by atoms with Gasteiger partial charge in [0.25, 0.3) is 0 Å². The van der Waals surface area contributed by atoms with E-state index < -0.39 is 18.3 Å². The predicted molar refractivity (Wildman–Crippen MR) is 31.8 cm³/mol. The van der Waals surface area contributed by atoms with E-state index in [4.69, 9.17) is 14.9 Å². The second-order valence-electron chi connectivity index (χ2n) is 2.27. The van der Waals surface area contributed by atoms with Gasteiger partial charge in [0.1, 0.15) is 24.6 Å². The highest BCUT2D eigenvalue weighted by Gasteiger charge is 2.36. The molecule has 1 aliphatic heterocycles. The summed E-state index contributed by atoms with van der Waals surface area (Å²) in [6.45, 7) is 1.56. The van der Waals surface area contributed by atoms with Gasteiger partial charge in [0, 0.05) is 0 Å². The van der Waals surface area contributed by atoms with Gasteiger partial charge in [-0.3, -0.25) is 0 Å². The summed E-state index contributed by atoms with van der Waals surface area (Å²) in [5.41, 5.74) is 0. The lowest BCUT2D eigenvalue weighted by Crippen LogP contribution is -2.27. The molecule has 0 aromatic heterocycles. The van der Waals surface area contributed by atoms with Gasteiger partial charge in [-0.15, -0.1) is 0 Å². The Morgan fingerprint density at radius 3 is 2.40 bits per heavy atom. The smallest absolute Gasteiger partial charge is 0.156 e. The van der Waals surface area contributed by atoms with Crippen LogP contribution in [-0.4, -0.2) is 28.5 Å². The SMILES string of the molecule is C[C@@H]1O/C(=C/F)[C@@H](O)[C@H]1O. The Labute approximate surface area is 57.7 Å². The van der Waals surface area contributed by atoms with Crippen LogP contribution in [0.25, 0.3) is 0 Å². The summed E-state index contributed by atoms with van der Waals surface area (Å²) in [7, 11) is 0. The van der Waals surface area contributed by atoms with Gasteiger partial charge in [0.05, 0.1) is 0 Å². The molecule has 0 unspecified atom stereocenters. The van der Waals surface area contributed by atoms with Crippen molar-refractivity contribution in [3.63, 3.8) is 0 Å². The molecular weight excluding hydrogens is 139 g/mol. The minimum atomic E-state index is -1.21. The van der Waals surface area contributed by atoms with E-state index in [1.165, 1.54) is 0 Å². The van der Waals surface area contributed by atoms with Crippen LogP contribution in [-0.2, 0) is 4.74 Å². The minimum Gasteiger partial charge on any atom is -0.487 e. The van der Waals surface area contributed by atoms with Crippen LogP contribution in [0.5, 0.6) is 0 Å². The molecule has 0 amide bonds. The van der Waals surface area contributed by atoms with Crippen LogP contribution in [0.3, 0.4) is 0 Å². The molecule has 0 aliphatic carbocycles. The lowest BCUT2D eigenvalue weighted by molar-refractivity contribution is 0.0318. The monoisotopic (exact) mass is 148 g/mol. The molecule has 0 bridgehead atoms. The van der Waals surface area contributed by atoms with E-state index in [0.29, 0.717) is 0 Å². The maximum Gasteiger partial charge on any atom is 0.156 e. The molecule has 1 aliphatic rings. The van der Waals surface area contributed by atoms with Crippen LogP contribution in [0.2, 0.25) is 0 Å². The van der Waals surface area contributed by atoms with E-state index >= 15 is 0 Å². The Bertz CT molecular complexity index is 157. The van der Waals surface area contributed by atoms with Crippen LogP contribution >= 0.6 is 0 Å². The number of hydrogen-bond acceptors (Lipinski definition) is 3. The van der Waals surface area contributed by atoms with E-state index in [1.54, 1.807) is 6.92 Å². The molecule has 0 aromatic carbocycles.